The van der Waals surface area contributed by atoms with E-state index in [4.69, 9.17) is 4.74 Å². The molecular formula is C22H28FNO3S. The van der Waals surface area contributed by atoms with Gasteiger partial charge in [0.2, 0.25) is 0 Å². The van der Waals surface area contributed by atoms with Gasteiger partial charge in [0.25, 0.3) is 0 Å². The molecule has 2 aromatic carbocycles. The Kier molecular flexibility index (Phi) is 5.98. The number of para-hydroxylation sites is 1. The number of ether oxygens (including phenoxy) is 1. The van der Waals surface area contributed by atoms with E-state index in [1.807, 2.05) is 42.2 Å². The molecule has 2 aromatic rings. The van der Waals surface area contributed by atoms with Crippen LogP contribution >= 0.6 is 0 Å². The summed E-state index contributed by atoms with van der Waals surface area (Å²) in [5.74, 6) is -0.551. The summed E-state index contributed by atoms with van der Waals surface area (Å²) in [6, 6.07) is 12.2. The molecule has 6 heteroatoms. The van der Waals surface area contributed by atoms with Crippen molar-refractivity contribution in [1.29, 1.82) is 0 Å². The summed E-state index contributed by atoms with van der Waals surface area (Å²) in [6.07, 6.45) is 3.52. The number of anilines is 2. The number of unbranched alkanes of at least 4 members (excludes halogenated alkanes) is 1. The van der Waals surface area contributed by atoms with Crippen molar-refractivity contribution < 1.29 is 17.5 Å². The summed E-state index contributed by atoms with van der Waals surface area (Å²) >= 11 is 0. The van der Waals surface area contributed by atoms with Crippen LogP contribution in [0.15, 0.2) is 47.4 Å². The van der Waals surface area contributed by atoms with Gasteiger partial charge in [0.15, 0.2) is 21.4 Å². The third kappa shape index (κ3) is 3.88. The number of halogens is 1. The lowest BCUT2D eigenvalue weighted by molar-refractivity contribution is 0.290. The monoisotopic (exact) mass is 405 g/mol. The van der Waals surface area contributed by atoms with Gasteiger partial charge >= 0.3 is 0 Å². The Balaban J connectivity index is 2.25. The minimum Gasteiger partial charge on any atom is -0.494 e. The Morgan fingerprint density at radius 1 is 1.18 bits per heavy atom. The average Bonchev–Trinajstić information content (AvgIpc) is 2.79. The molecule has 0 saturated carbocycles. The third-order valence-corrected chi connectivity index (χ3v) is 7.72. The SMILES string of the molecule is CCCCC1(CC)CN(c2ccccc2)c2cc(F)c(OC)cc2S(=O)(=O)C1. The highest BCUT2D eigenvalue weighted by atomic mass is 32.2. The predicted octanol–water partition coefficient (Wildman–Crippen LogP) is 5.35. The molecule has 28 heavy (non-hydrogen) atoms. The number of nitrogens with zero attached hydrogens (tertiary/aromatic N) is 1. The molecular weight excluding hydrogens is 377 g/mol. The lowest BCUT2D eigenvalue weighted by Crippen LogP contribution is -2.37. The summed E-state index contributed by atoms with van der Waals surface area (Å²) in [5, 5.41) is 0. The van der Waals surface area contributed by atoms with Gasteiger partial charge < -0.3 is 9.64 Å². The van der Waals surface area contributed by atoms with Gasteiger partial charge in [-0.2, -0.15) is 0 Å². The first kappa shape index (κ1) is 20.6. The molecule has 0 radical (unpaired) electrons. The molecule has 1 heterocycles. The summed E-state index contributed by atoms with van der Waals surface area (Å²) in [6.45, 7) is 4.69. The summed E-state index contributed by atoms with van der Waals surface area (Å²) in [7, 11) is -2.26. The van der Waals surface area contributed by atoms with Crippen LogP contribution in [0.2, 0.25) is 0 Å². The molecule has 1 unspecified atom stereocenters. The summed E-state index contributed by atoms with van der Waals surface area (Å²) in [4.78, 5) is 2.10. The smallest absolute Gasteiger partial charge is 0.181 e. The van der Waals surface area contributed by atoms with Crippen molar-refractivity contribution in [2.75, 3.05) is 24.3 Å². The van der Waals surface area contributed by atoms with E-state index in [0.717, 1.165) is 31.4 Å². The van der Waals surface area contributed by atoms with Crippen LogP contribution in [0.1, 0.15) is 39.5 Å². The van der Waals surface area contributed by atoms with E-state index in [1.165, 1.54) is 19.2 Å². The van der Waals surface area contributed by atoms with Crippen LogP contribution in [0, 0.1) is 11.2 Å². The van der Waals surface area contributed by atoms with Crippen LogP contribution in [-0.4, -0.2) is 27.8 Å². The maximum atomic E-state index is 14.6. The van der Waals surface area contributed by atoms with Crippen molar-refractivity contribution in [3.8, 4) is 5.75 Å². The number of sulfone groups is 1. The van der Waals surface area contributed by atoms with Gasteiger partial charge in [-0.15, -0.1) is 0 Å². The minimum atomic E-state index is -3.61. The van der Waals surface area contributed by atoms with Gasteiger partial charge in [0, 0.05) is 29.8 Å². The number of hydrogen-bond acceptors (Lipinski definition) is 4. The molecule has 1 aliphatic heterocycles. The highest BCUT2D eigenvalue weighted by Gasteiger charge is 2.41. The molecule has 152 valence electrons. The number of methoxy groups -OCH3 is 1. The van der Waals surface area contributed by atoms with Crippen molar-refractivity contribution in [2.24, 2.45) is 5.41 Å². The Labute approximate surface area is 167 Å². The van der Waals surface area contributed by atoms with E-state index in [1.54, 1.807) is 0 Å². The summed E-state index contributed by atoms with van der Waals surface area (Å²) in [5.41, 5.74) is 0.851. The average molecular weight is 406 g/mol. The van der Waals surface area contributed by atoms with E-state index in [0.29, 0.717) is 12.2 Å². The lowest BCUT2D eigenvalue weighted by atomic mass is 9.81. The van der Waals surface area contributed by atoms with Crippen molar-refractivity contribution in [3.63, 3.8) is 0 Å². The molecule has 0 spiro atoms. The number of benzene rings is 2. The van der Waals surface area contributed by atoms with Gasteiger partial charge in [-0.25, -0.2) is 12.8 Å². The van der Waals surface area contributed by atoms with Gasteiger partial charge in [0.05, 0.1) is 23.4 Å². The van der Waals surface area contributed by atoms with Crippen molar-refractivity contribution in [2.45, 2.75) is 44.4 Å². The Morgan fingerprint density at radius 2 is 1.89 bits per heavy atom. The summed E-state index contributed by atoms with van der Waals surface area (Å²) < 4.78 is 46.4. The number of hydrogen-bond donors (Lipinski definition) is 0. The van der Waals surface area contributed by atoms with Crippen LogP contribution < -0.4 is 9.64 Å². The maximum absolute atomic E-state index is 14.6. The van der Waals surface area contributed by atoms with E-state index < -0.39 is 21.1 Å². The second-order valence-corrected chi connectivity index (χ2v) is 9.55. The van der Waals surface area contributed by atoms with Gasteiger partial charge in [-0.3, -0.25) is 0 Å². The van der Waals surface area contributed by atoms with Gasteiger partial charge in [0.1, 0.15) is 0 Å². The highest BCUT2D eigenvalue weighted by Crippen LogP contribution is 2.45. The van der Waals surface area contributed by atoms with Gasteiger partial charge in [-0.05, 0) is 25.0 Å². The zero-order valence-electron chi connectivity index (χ0n) is 16.7. The lowest BCUT2D eigenvalue weighted by Gasteiger charge is -2.36. The molecule has 4 nitrogen and oxygen atoms in total. The maximum Gasteiger partial charge on any atom is 0.181 e. The van der Waals surface area contributed by atoms with Crippen LogP contribution in [0.4, 0.5) is 15.8 Å². The zero-order valence-corrected chi connectivity index (χ0v) is 17.6. The molecule has 0 N–H and O–H groups in total. The minimum absolute atomic E-state index is 0.0482. The first-order chi connectivity index (χ1) is 13.4. The molecule has 0 aliphatic carbocycles. The largest absolute Gasteiger partial charge is 0.494 e. The van der Waals surface area contributed by atoms with Crippen LogP contribution in [0.25, 0.3) is 0 Å². The standard InChI is InChI=1S/C22H28FNO3S/c1-4-6-12-22(5-2)15-24(17-10-8-7-9-11-17)19-13-18(23)20(27-3)14-21(19)28(25,26)16-22/h7-11,13-14H,4-6,12,15-16H2,1-3H3. The number of rotatable bonds is 6. The highest BCUT2D eigenvalue weighted by molar-refractivity contribution is 7.91. The van der Waals surface area contributed by atoms with Crippen molar-refractivity contribution >= 4 is 21.2 Å². The van der Waals surface area contributed by atoms with Crippen molar-refractivity contribution in [3.05, 3.63) is 48.3 Å². The second-order valence-electron chi connectivity index (χ2n) is 7.59. The van der Waals surface area contributed by atoms with Crippen LogP contribution in [0.5, 0.6) is 5.75 Å². The van der Waals surface area contributed by atoms with Gasteiger partial charge in [-0.1, -0.05) is 44.9 Å². The number of fused-ring (bicyclic) bond motifs is 1. The predicted molar refractivity (Wildman–Crippen MR) is 111 cm³/mol. The molecule has 0 aromatic heterocycles. The molecule has 1 atom stereocenters. The fourth-order valence-electron chi connectivity index (χ4n) is 4.02. The van der Waals surface area contributed by atoms with E-state index >= 15 is 0 Å². The van der Waals surface area contributed by atoms with Crippen LogP contribution in [0.3, 0.4) is 0 Å². The fourth-order valence-corrected chi connectivity index (χ4v) is 6.20. The normalized spacial score (nSPS) is 21.1. The van der Waals surface area contributed by atoms with E-state index in [-0.39, 0.29) is 16.4 Å². The molecule has 0 saturated heterocycles. The van der Waals surface area contributed by atoms with Crippen LogP contribution in [-0.2, 0) is 9.84 Å². The second kappa shape index (κ2) is 8.11. The third-order valence-electron chi connectivity index (χ3n) is 5.73. The van der Waals surface area contributed by atoms with Crippen molar-refractivity contribution in [1.82, 2.24) is 0 Å². The topological polar surface area (TPSA) is 46.6 Å². The Morgan fingerprint density at radius 3 is 2.50 bits per heavy atom. The fraction of sp³-hybridized carbons (Fsp3) is 0.455. The zero-order chi connectivity index (χ0) is 20.4. The quantitative estimate of drug-likeness (QED) is 0.608. The molecule has 3 rings (SSSR count). The Bertz CT molecular complexity index is 930. The molecule has 0 fully saturated rings. The van der Waals surface area contributed by atoms with E-state index in [9.17, 15) is 12.8 Å². The molecule has 0 amide bonds. The first-order valence-corrected chi connectivity index (χ1v) is 11.4. The molecule has 0 bridgehead atoms. The first-order valence-electron chi connectivity index (χ1n) is 9.78. The Hall–Kier alpha value is -2.08. The van der Waals surface area contributed by atoms with E-state index in [2.05, 4.69) is 6.92 Å². The molecule has 1 aliphatic rings.